The highest BCUT2D eigenvalue weighted by molar-refractivity contribution is 5.46. The molecule has 0 unspecified atom stereocenters. The molecule has 0 aliphatic heterocycles. The Morgan fingerprint density at radius 3 is 2.50 bits per heavy atom. The van der Waals surface area contributed by atoms with E-state index in [4.69, 9.17) is 0 Å². The van der Waals surface area contributed by atoms with E-state index < -0.39 is 17.4 Å². The summed E-state index contributed by atoms with van der Waals surface area (Å²) in [5, 5.41) is 2.25. The number of alkyl halides is 3. The average Bonchev–Trinajstić information content (AvgIpc) is 2.03. The van der Waals surface area contributed by atoms with Crippen LogP contribution in [0.2, 0.25) is 0 Å². The van der Waals surface area contributed by atoms with Gasteiger partial charge in [-0.3, -0.25) is 0 Å². The van der Waals surface area contributed by atoms with Gasteiger partial charge in [0.1, 0.15) is 5.69 Å². The summed E-state index contributed by atoms with van der Waals surface area (Å²) in [4.78, 5) is 9.91. The van der Waals surface area contributed by atoms with Crippen LogP contribution in [0.4, 0.5) is 18.9 Å². The quantitative estimate of drug-likeness (QED) is 0.602. The molecule has 0 amide bonds. The van der Waals surface area contributed by atoms with Crippen molar-refractivity contribution in [1.82, 2.24) is 0 Å². The van der Waals surface area contributed by atoms with E-state index in [9.17, 15) is 18.1 Å². The van der Waals surface area contributed by atoms with Gasteiger partial charge in [-0.05, 0) is 23.4 Å². The molecule has 0 saturated carbocycles. The third-order valence-electron chi connectivity index (χ3n) is 1.24. The molecule has 12 heavy (non-hydrogen) atoms. The predicted molar refractivity (Wildman–Crippen MR) is 35.7 cm³/mol. The molecule has 0 aliphatic carbocycles. The van der Waals surface area contributed by atoms with Crippen LogP contribution < -0.4 is 0 Å². The summed E-state index contributed by atoms with van der Waals surface area (Å²) < 4.78 is 36.0. The average molecular weight is 174 g/mol. The Kier molecular flexibility index (Phi) is 2.12. The number of nitrogens with zero attached hydrogens (tertiary/aromatic N) is 1. The standard InChI is InChI=1S/C7H3F3NO/c8-7(9,10)5-3-1-2-4-6(5)11-12/h2-4H. The van der Waals surface area contributed by atoms with Gasteiger partial charge in [-0.15, -0.1) is 4.91 Å². The number of halogens is 3. The molecule has 0 aliphatic rings. The lowest BCUT2D eigenvalue weighted by atomic mass is 10.2. The fourth-order valence-corrected chi connectivity index (χ4v) is 0.729. The molecule has 1 rings (SSSR count). The van der Waals surface area contributed by atoms with Crippen molar-refractivity contribution in [3.8, 4) is 0 Å². The van der Waals surface area contributed by atoms with Gasteiger partial charge >= 0.3 is 6.18 Å². The lowest BCUT2D eigenvalue weighted by Gasteiger charge is -2.06. The summed E-state index contributed by atoms with van der Waals surface area (Å²) in [7, 11) is 0. The van der Waals surface area contributed by atoms with Crippen molar-refractivity contribution in [3.05, 3.63) is 34.7 Å². The first kappa shape index (κ1) is 8.70. The minimum Gasteiger partial charge on any atom is -0.166 e. The maximum atomic E-state index is 12.0. The third-order valence-corrected chi connectivity index (χ3v) is 1.24. The van der Waals surface area contributed by atoms with Crippen LogP contribution in [0.1, 0.15) is 5.56 Å². The van der Waals surface area contributed by atoms with Crippen molar-refractivity contribution in [3.63, 3.8) is 0 Å². The summed E-state index contributed by atoms with van der Waals surface area (Å²) in [5.41, 5.74) is -1.67. The van der Waals surface area contributed by atoms with Crippen LogP contribution in [0.5, 0.6) is 0 Å². The van der Waals surface area contributed by atoms with E-state index in [0.717, 1.165) is 6.07 Å². The predicted octanol–water partition coefficient (Wildman–Crippen LogP) is 2.90. The van der Waals surface area contributed by atoms with Crippen molar-refractivity contribution in [2.24, 2.45) is 5.18 Å². The first-order valence-electron chi connectivity index (χ1n) is 2.96. The smallest absolute Gasteiger partial charge is 0.166 e. The van der Waals surface area contributed by atoms with Crippen LogP contribution in [0, 0.1) is 11.0 Å². The molecule has 0 fully saturated rings. The summed E-state index contributed by atoms with van der Waals surface area (Å²) in [6, 6.07) is 5.08. The second kappa shape index (κ2) is 2.92. The van der Waals surface area contributed by atoms with E-state index in [1.807, 2.05) is 0 Å². The summed E-state index contributed by atoms with van der Waals surface area (Å²) >= 11 is 0. The topological polar surface area (TPSA) is 29.4 Å². The number of benzene rings is 1. The molecule has 5 heteroatoms. The molecule has 1 aromatic rings. The minimum absolute atomic E-state index is 0.610. The molecule has 0 N–H and O–H groups in total. The molecule has 1 aromatic carbocycles. The van der Waals surface area contributed by atoms with E-state index in [1.165, 1.54) is 6.07 Å². The Hall–Kier alpha value is -1.39. The lowest BCUT2D eigenvalue weighted by Crippen LogP contribution is -2.04. The summed E-state index contributed by atoms with van der Waals surface area (Å²) in [6.45, 7) is 0. The summed E-state index contributed by atoms with van der Waals surface area (Å²) in [6.07, 6.45) is -4.54. The Bertz CT molecular complexity index is 295. The molecule has 63 valence electrons. The van der Waals surface area contributed by atoms with Crippen LogP contribution >= 0.6 is 0 Å². The first-order valence-corrected chi connectivity index (χ1v) is 2.96. The van der Waals surface area contributed by atoms with Gasteiger partial charge in [0.15, 0.2) is 0 Å². The molecule has 0 spiro atoms. The molecule has 0 bridgehead atoms. The Labute approximate surface area is 66.0 Å². The fraction of sp³-hybridized carbons (Fsp3) is 0.143. The maximum absolute atomic E-state index is 12.0. The Morgan fingerprint density at radius 1 is 1.42 bits per heavy atom. The van der Waals surface area contributed by atoms with Crippen molar-refractivity contribution >= 4 is 5.69 Å². The SMILES string of the molecule is O=Nc1cc[c]cc1C(F)(F)F. The van der Waals surface area contributed by atoms with Gasteiger partial charge in [0.05, 0.1) is 5.56 Å². The highest BCUT2D eigenvalue weighted by atomic mass is 19.4. The van der Waals surface area contributed by atoms with E-state index in [2.05, 4.69) is 11.2 Å². The molecular formula is C7H3F3NO. The zero-order chi connectivity index (χ0) is 9.19. The fourth-order valence-electron chi connectivity index (χ4n) is 0.729. The molecule has 0 aromatic heterocycles. The van der Waals surface area contributed by atoms with Crippen LogP contribution in [-0.2, 0) is 6.18 Å². The highest BCUT2D eigenvalue weighted by Gasteiger charge is 2.33. The maximum Gasteiger partial charge on any atom is 0.418 e. The zero-order valence-electron chi connectivity index (χ0n) is 5.72. The van der Waals surface area contributed by atoms with E-state index >= 15 is 0 Å². The minimum atomic E-state index is -4.54. The third kappa shape index (κ3) is 1.61. The second-order valence-electron chi connectivity index (χ2n) is 2.03. The van der Waals surface area contributed by atoms with Gasteiger partial charge < -0.3 is 0 Å². The van der Waals surface area contributed by atoms with Crippen LogP contribution in [0.3, 0.4) is 0 Å². The Balaban J connectivity index is 3.23. The van der Waals surface area contributed by atoms with Crippen LogP contribution in [-0.4, -0.2) is 0 Å². The number of rotatable bonds is 1. The van der Waals surface area contributed by atoms with Crippen molar-refractivity contribution < 1.29 is 13.2 Å². The first-order chi connectivity index (χ1) is 5.55. The molecule has 0 atom stereocenters. The zero-order valence-corrected chi connectivity index (χ0v) is 5.72. The van der Waals surface area contributed by atoms with Gasteiger partial charge in [0.2, 0.25) is 0 Å². The van der Waals surface area contributed by atoms with E-state index in [1.54, 1.807) is 0 Å². The lowest BCUT2D eigenvalue weighted by molar-refractivity contribution is -0.137. The van der Waals surface area contributed by atoms with E-state index in [0.29, 0.717) is 6.07 Å². The van der Waals surface area contributed by atoms with Crippen molar-refractivity contribution in [2.45, 2.75) is 6.18 Å². The number of hydrogen-bond acceptors (Lipinski definition) is 2. The monoisotopic (exact) mass is 174 g/mol. The normalized spacial score (nSPS) is 11.2. The van der Waals surface area contributed by atoms with Gasteiger partial charge in [-0.2, -0.15) is 13.2 Å². The van der Waals surface area contributed by atoms with Gasteiger partial charge in [0.25, 0.3) is 0 Å². The van der Waals surface area contributed by atoms with Gasteiger partial charge in [-0.25, -0.2) is 0 Å². The molecule has 1 radical (unpaired) electrons. The number of nitroso groups, excluding NO2 is 1. The van der Waals surface area contributed by atoms with Gasteiger partial charge in [0, 0.05) is 0 Å². The molecule has 2 nitrogen and oxygen atoms in total. The van der Waals surface area contributed by atoms with E-state index in [-0.39, 0.29) is 0 Å². The van der Waals surface area contributed by atoms with Crippen molar-refractivity contribution in [2.75, 3.05) is 0 Å². The molecule has 0 heterocycles. The summed E-state index contributed by atoms with van der Waals surface area (Å²) in [5.74, 6) is 0. The molecule has 0 saturated heterocycles. The highest BCUT2D eigenvalue weighted by Crippen LogP contribution is 2.35. The largest absolute Gasteiger partial charge is 0.418 e. The second-order valence-corrected chi connectivity index (χ2v) is 2.03. The van der Waals surface area contributed by atoms with Crippen LogP contribution in [0.25, 0.3) is 0 Å². The van der Waals surface area contributed by atoms with Crippen molar-refractivity contribution in [1.29, 1.82) is 0 Å². The molecular weight excluding hydrogens is 171 g/mol. The number of hydrogen-bond donors (Lipinski definition) is 0. The van der Waals surface area contributed by atoms with Gasteiger partial charge in [-0.1, -0.05) is 6.07 Å². The van der Waals surface area contributed by atoms with Crippen LogP contribution in [0.15, 0.2) is 23.4 Å². The Morgan fingerprint density at radius 2 is 2.08 bits per heavy atom.